The maximum atomic E-state index is 11.9. The van der Waals surface area contributed by atoms with Crippen LogP contribution >= 0.6 is 0 Å². The molecule has 0 amide bonds. The Hall–Kier alpha value is -0.620. The molecule has 1 atom stereocenters. The first-order valence-electron chi connectivity index (χ1n) is 5.68. The highest BCUT2D eigenvalue weighted by atomic mass is 32.2. The molecule has 1 N–H and O–H groups in total. The third-order valence-corrected chi connectivity index (χ3v) is 4.94. The van der Waals surface area contributed by atoms with Gasteiger partial charge in [-0.3, -0.25) is 4.79 Å². The Morgan fingerprint density at radius 1 is 1.50 bits per heavy atom. The first kappa shape index (κ1) is 13.4. The third kappa shape index (κ3) is 3.45. The third-order valence-electron chi connectivity index (χ3n) is 2.94. The number of carboxylic acids is 1. The lowest BCUT2D eigenvalue weighted by atomic mass is 10.2. The maximum absolute atomic E-state index is 11.9. The van der Waals surface area contributed by atoms with Crippen LogP contribution in [0.2, 0.25) is 0 Å². The molecule has 1 rings (SSSR count). The topological polar surface area (TPSA) is 74.7 Å². The molecule has 0 aliphatic carbocycles. The van der Waals surface area contributed by atoms with Crippen LogP contribution in [0.3, 0.4) is 0 Å². The van der Waals surface area contributed by atoms with E-state index in [0.29, 0.717) is 6.54 Å². The van der Waals surface area contributed by atoms with E-state index in [2.05, 4.69) is 0 Å². The second-order valence-corrected chi connectivity index (χ2v) is 6.17. The van der Waals surface area contributed by atoms with Gasteiger partial charge in [-0.25, -0.2) is 8.42 Å². The van der Waals surface area contributed by atoms with Crippen molar-refractivity contribution in [3.05, 3.63) is 0 Å². The van der Waals surface area contributed by atoms with E-state index >= 15 is 0 Å². The number of hydrogen-bond acceptors (Lipinski definition) is 3. The Labute approximate surface area is 96.5 Å². The number of hydrogen-bond donors (Lipinski definition) is 1. The lowest BCUT2D eigenvalue weighted by Gasteiger charge is -2.22. The van der Waals surface area contributed by atoms with Crippen LogP contribution in [0, 0.1) is 0 Å². The monoisotopic (exact) mass is 249 g/mol. The van der Waals surface area contributed by atoms with Gasteiger partial charge in [0.15, 0.2) is 0 Å². The fourth-order valence-corrected chi connectivity index (χ4v) is 3.97. The zero-order valence-electron chi connectivity index (χ0n) is 9.55. The minimum Gasteiger partial charge on any atom is -0.481 e. The molecule has 1 saturated heterocycles. The minimum atomic E-state index is -3.25. The molecule has 1 unspecified atom stereocenters. The summed E-state index contributed by atoms with van der Waals surface area (Å²) in [5.41, 5.74) is 0. The summed E-state index contributed by atoms with van der Waals surface area (Å²) in [7, 11) is -3.25. The molecular weight excluding hydrogens is 230 g/mol. The standard InChI is InChI=1S/C10H19NO4S/c1-2-9-5-3-7-11(9)16(14,15)8-4-6-10(12)13/h9H,2-8H2,1H3,(H,12,13). The van der Waals surface area contributed by atoms with Crippen LogP contribution in [0.1, 0.15) is 39.0 Å². The van der Waals surface area contributed by atoms with Gasteiger partial charge in [-0.05, 0) is 25.7 Å². The molecule has 1 aliphatic rings. The fraction of sp³-hybridized carbons (Fsp3) is 0.900. The quantitative estimate of drug-likeness (QED) is 0.763. The Balaban J connectivity index is 2.52. The zero-order valence-corrected chi connectivity index (χ0v) is 10.4. The van der Waals surface area contributed by atoms with Gasteiger partial charge >= 0.3 is 5.97 Å². The summed E-state index contributed by atoms with van der Waals surface area (Å²) in [6.45, 7) is 2.57. The molecule has 0 aromatic heterocycles. The molecule has 5 nitrogen and oxygen atoms in total. The summed E-state index contributed by atoms with van der Waals surface area (Å²) in [5, 5.41) is 8.47. The first-order chi connectivity index (χ1) is 7.47. The number of carbonyl (C=O) groups is 1. The van der Waals surface area contributed by atoms with Crippen molar-refractivity contribution in [1.82, 2.24) is 4.31 Å². The first-order valence-corrected chi connectivity index (χ1v) is 7.29. The number of sulfonamides is 1. The van der Waals surface area contributed by atoms with E-state index in [-0.39, 0.29) is 24.6 Å². The molecule has 6 heteroatoms. The molecular formula is C10H19NO4S. The Morgan fingerprint density at radius 2 is 2.19 bits per heavy atom. The van der Waals surface area contributed by atoms with Crippen LogP contribution in [0.25, 0.3) is 0 Å². The Kier molecular flexibility index (Phi) is 4.73. The average Bonchev–Trinajstić information content (AvgIpc) is 2.64. The van der Waals surface area contributed by atoms with Crippen molar-refractivity contribution in [2.75, 3.05) is 12.3 Å². The predicted molar refractivity (Wildman–Crippen MR) is 60.7 cm³/mol. The number of carboxylic acid groups (broad SMARTS) is 1. The van der Waals surface area contributed by atoms with E-state index in [1.54, 1.807) is 4.31 Å². The van der Waals surface area contributed by atoms with Crippen molar-refractivity contribution in [3.8, 4) is 0 Å². The largest absolute Gasteiger partial charge is 0.481 e. The smallest absolute Gasteiger partial charge is 0.303 e. The molecule has 0 aromatic rings. The second kappa shape index (κ2) is 5.63. The van der Waals surface area contributed by atoms with Crippen molar-refractivity contribution < 1.29 is 18.3 Å². The summed E-state index contributed by atoms with van der Waals surface area (Å²) in [5.74, 6) is -0.987. The summed E-state index contributed by atoms with van der Waals surface area (Å²) in [4.78, 5) is 10.3. The molecule has 0 saturated carbocycles. The lowest BCUT2D eigenvalue weighted by molar-refractivity contribution is -0.137. The van der Waals surface area contributed by atoms with Gasteiger partial charge in [0.1, 0.15) is 0 Å². The molecule has 16 heavy (non-hydrogen) atoms. The molecule has 0 spiro atoms. The van der Waals surface area contributed by atoms with Crippen molar-refractivity contribution >= 4 is 16.0 Å². The van der Waals surface area contributed by atoms with Crippen LogP contribution in [0.5, 0.6) is 0 Å². The lowest BCUT2D eigenvalue weighted by Crippen LogP contribution is -2.36. The normalized spacial score (nSPS) is 22.4. The molecule has 0 radical (unpaired) electrons. The summed E-state index contributed by atoms with van der Waals surface area (Å²) in [6, 6.07) is 0.120. The van der Waals surface area contributed by atoms with Crippen LogP contribution in [-0.2, 0) is 14.8 Å². The van der Waals surface area contributed by atoms with Crippen LogP contribution in [0.15, 0.2) is 0 Å². The van der Waals surface area contributed by atoms with Crippen LogP contribution in [0.4, 0.5) is 0 Å². The van der Waals surface area contributed by atoms with Crippen molar-refractivity contribution in [2.24, 2.45) is 0 Å². The van der Waals surface area contributed by atoms with Crippen LogP contribution < -0.4 is 0 Å². The highest BCUT2D eigenvalue weighted by molar-refractivity contribution is 7.89. The van der Waals surface area contributed by atoms with Crippen LogP contribution in [-0.4, -0.2) is 42.1 Å². The summed E-state index contributed by atoms with van der Waals surface area (Å²) < 4.78 is 25.4. The van der Waals surface area contributed by atoms with E-state index in [1.807, 2.05) is 6.92 Å². The maximum Gasteiger partial charge on any atom is 0.303 e. The molecule has 1 heterocycles. The average molecular weight is 249 g/mol. The zero-order chi connectivity index (χ0) is 12.2. The molecule has 0 aromatic carbocycles. The Morgan fingerprint density at radius 3 is 2.75 bits per heavy atom. The van der Waals surface area contributed by atoms with E-state index in [0.717, 1.165) is 19.3 Å². The van der Waals surface area contributed by atoms with E-state index in [9.17, 15) is 13.2 Å². The Bertz CT molecular complexity index is 339. The van der Waals surface area contributed by atoms with Gasteiger partial charge in [-0.15, -0.1) is 0 Å². The van der Waals surface area contributed by atoms with Gasteiger partial charge < -0.3 is 5.11 Å². The number of nitrogens with zero attached hydrogens (tertiary/aromatic N) is 1. The van der Waals surface area contributed by atoms with E-state index in [4.69, 9.17) is 5.11 Å². The van der Waals surface area contributed by atoms with Gasteiger partial charge in [0.25, 0.3) is 0 Å². The fourth-order valence-electron chi connectivity index (χ4n) is 2.11. The summed E-state index contributed by atoms with van der Waals surface area (Å²) in [6.07, 6.45) is 2.79. The highest BCUT2D eigenvalue weighted by Gasteiger charge is 2.32. The summed E-state index contributed by atoms with van der Waals surface area (Å²) >= 11 is 0. The molecule has 94 valence electrons. The highest BCUT2D eigenvalue weighted by Crippen LogP contribution is 2.23. The van der Waals surface area contributed by atoms with Gasteiger partial charge in [-0.1, -0.05) is 6.92 Å². The number of rotatable bonds is 6. The predicted octanol–water partition coefficient (Wildman–Crippen LogP) is 1.06. The molecule has 1 fully saturated rings. The van der Waals surface area contributed by atoms with Crippen molar-refractivity contribution in [1.29, 1.82) is 0 Å². The van der Waals surface area contributed by atoms with E-state index < -0.39 is 16.0 Å². The second-order valence-electron chi connectivity index (χ2n) is 4.13. The number of aliphatic carboxylic acids is 1. The van der Waals surface area contributed by atoms with E-state index in [1.165, 1.54) is 0 Å². The molecule has 0 bridgehead atoms. The van der Waals surface area contributed by atoms with Gasteiger partial charge in [0.05, 0.1) is 5.75 Å². The minimum absolute atomic E-state index is 0.0458. The van der Waals surface area contributed by atoms with Gasteiger partial charge in [0.2, 0.25) is 10.0 Å². The molecule has 1 aliphatic heterocycles. The van der Waals surface area contributed by atoms with Crippen molar-refractivity contribution in [3.63, 3.8) is 0 Å². The SMILES string of the molecule is CCC1CCCN1S(=O)(=O)CCCC(=O)O. The van der Waals surface area contributed by atoms with Gasteiger partial charge in [-0.2, -0.15) is 4.31 Å². The van der Waals surface area contributed by atoms with Crippen molar-refractivity contribution in [2.45, 2.75) is 45.1 Å². The van der Waals surface area contributed by atoms with Gasteiger partial charge in [0, 0.05) is 19.0 Å².